The Morgan fingerprint density at radius 1 is 1.10 bits per heavy atom. The number of aromatic hydroxyl groups is 1. The highest BCUT2D eigenvalue weighted by Gasteiger charge is 2.48. The van der Waals surface area contributed by atoms with E-state index >= 15 is 0 Å². The number of nitrogens with zero attached hydrogens (tertiary/aromatic N) is 2. The van der Waals surface area contributed by atoms with Crippen LogP contribution >= 0.6 is 0 Å². The van der Waals surface area contributed by atoms with Gasteiger partial charge in [-0.15, -0.1) is 0 Å². The van der Waals surface area contributed by atoms with Crippen LogP contribution in [-0.2, 0) is 12.6 Å². The fourth-order valence-electron chi connectivity index (χ4n) is 5.21. The van der Waals surface area contributed by atoms with Gasteiger partial charge in [0.05, 0.1) is 17.4 Å². The molecule has 162 valence electrons. The first-order chi connectivity index (χ1) is 14.1. The second-order valence-electron chi connectivity index (χ2n) is 9.09. The number of pyridine rings is 1. The summed E-state index contributed by atoms with van der Waals surface area (Å²) in [4.78, 5) is 6.71. The van der Waals surface area contributed by atoms with Gasteiger partial charge in [0.15, 0.2) is 0 Å². The third-order valence-electron chi connectivity index (χ3n) is 6.56. The summed E-state index contributed by atoms with van der Waals surface area (Å²) in [6.07, 6.45) is -1.12. The van der Waals surface area contributed by atoms with Crippen LogP contribution in [0.4, 0.5) is 13.2 Å². The molecule has 0 radical (unpaired) electrons. The fourth-order valence-corrected chi connectivity index (χ4v) is 5.21. The Kier molecular flexibility index (Phi) is 5.53. The van der Waals surface area contributed by atoms with E-state index in [0.717, 1.165) is 43.0 Å². The topological polar surface area (TPSA) is 56.6 Å². The Morgan fingerprint density at radius 3 is 2.27 bits per heavy atom. The summed E-state index contributed by atoms with van der Waals surface area (Å²) in [7, 11) is 0. The van der Waals surface area contributed by atoms with Crippen molar-refractivity contribution in [1.29, 1.82) is 0 Å². The van der Waals surface area contributed by atoms with Crippen molar-refractivity contribution in [3.63, 3.8) is 0 Å². The van der Waals surface area contributed by atoms with Gasteiger partial charge in [0, 0.05) is 37.7 Å². The number of benzene rings is 1. The number of likely N-dealkylation sites (tertiary alicyclic amines) is 1. The average molecular weight is 420 g/mol. The van der Waals surface area contributed by atoms with Gasteiger partial charge in [-0.05, 0) is 54.5 Å². The molecule has 2 heterocycles. The monoisotopic (exact) mass is 420 g/mol. The zero-order chi connectivity index (χ0) is 21.5. The number of aliphatic hydroxyl groups is 1. The maximum absolute atomic E-state index is 12.7. The zero-order valence-corrected chi connectivity index (χ0v) is 16.9. The predicted octanol–water partition coefficient (Wildman–Crippen LogP) is 4.23. The molecule has 1 aromatic carbocycles. The van der Waals surface area contributed by atoms with E-state index in [1.165, 1.54) is 18.3 Å². The molecule has 4 rings (SSSR count). The van der Waals surface area contributed by atoms with E-state index in [-0.39, 0.29) is 11.7 Å². The van der Waals surface area contributed by atoms with E-state index in [2.05, 4.69) is 16.8 Å². The molecule has 1 aliphatic carbocycles. The van der Waals surface area contributed by atoms with Crippen LogP contribution in [0, 0.1) is 11.8 Å². The van der Waals surface area contributed by atoms with Crippen LogP contribution in [0.1, 0.15) is 42.5 Å². The molecule has 4 nitrogen and oxygen atoms in total. The maximum atomic E-state index is 12.7. The molecule has 2 aromatic rings. The number of rotatable bonds is 5. The van der Waals surface area contributed by atoms with Crippen molar-refractivity contribution in [2.75, 3.05) is 19.6 Å². The average Bonchev–Trinajstić information content (AvgIpc) is 3.15. The van der Waals surface area contributed by atoms with Gasteiger partial charge < -0.3 is 15.1 Å². The summed E-state index contributed by atoms with van der Waals surface area (Å²) in [5, 5.41) is 20.5. The van der Waals surface area contributed by atoms with Crippen molar-refractivity contribution < 1.29 is 23.4 Å². The van der Waals surface area contributed by atoms with Crippen molar-refractivity contribution in [3.05, 3.63) is 59.4 Å². The first-order valence-corrected chi connectivity index (χ1v) is 10.4. The Morgan fingerprint density at radius 2 is 1.73 bits per heavy atom. The first kappa shape index (κ1) is 21.1. The van der Waals surface area contributed by atoms with Crippen molar-refractivity contribution in [3.8, 4) is 5.75 Å². The standard InChI is InChI=1S/C23H27F3N2O2/c1-15(21-7-6-20(29)11-27-21)12-28-13-17-9-22(30,10-18(17)14-28)8-16-2-4-19(5-3-16)23(24,25)26/h2-7,11,15,17-18,29-30H,8-10,12-14H2,1H3/t15?,17-,18+,22-. The second-order valence-corrected chi connectivity index (χ2v) is 9.09. The second kappa shape index (κ2) is 7.85. The largest absolute Gasteiger partial charge is 0.506 e. The summed E-state index contributed by atoms with van der Waals surface area (Å²) in [6.45, 7) is 4.83. The van der Waals surface area contributed by atoms with E-state index in [9.17, 15) is 23.4 Å². The van der Waals surface area contributed by atoms with E-state index in [1.807, 2.05) is 6.07 Å². The lowest BCUT2D eigenvalue weighted by molar-refractivity contribution is -0.137. The highest BCUT2D eigenvalue weighted by atomic mass is 19.4. The van der Waals surface area contributed by atoms with Crippen LogP contribution < -0.4 is 0 Å². The van der Waals surface area contributed by atoms with Gasteiger partial charge >= 0.3 is 6.18 Å². The molecule has 2 N–H and O–H groups in total. The summed E-state index contributed by atoms with van der Waals surface area (Å²) in [6, 6.07) is 8.64. The van der Waals surface area contributed by atoms with Gasteiger partial charge in [0.1, 0.15) is 5.75 Å². The molecule has 2 fully saturated rings. The fraction of sp³-hybridized carbons (Fsp3) is 0.522. The number of alkyl halides is 3. The summed E-state index contributed by atoms with van der Waals surface area (Å²) >= 11 is 0. The summed E-state index contributed by atoms with van der Waals surface area (Å²) < 4.78 is 38.2. The minimum atomic E-state index is -4.34. The lowest BCUT2D eigenvalue weighted by Gasteiger charge is -2.27. The Labute approximate surface area is 174 Å². The van der Waals surface area contributed by atoms with Crippen LogP contribution in [0.2, 0.25) is 0 Å². The van der Waals surface area contributed by atoms with Crippen LogP contribution in [-0.4, -0.2) is 45.3 Å². The van der Waals surface area contributed by atoms with E-state index < -0.39 is 17.3 Å². The Bertz CT molecular complexity index is 854. The maximum Gasteiger partial charge on any atom is 0.416 e. The highest BCUT2D eigenvalue weighted by Crippen LogP contribution is 2.45. The van der Waals surface area contributed by atoms with Crippen LogP contribution in [0.5, 0.6) is 5.75 Å². The first-order valence-electron chi connectivity index (χ1n) is 10.4. The molecule has 30 heavy (non-hydrogen) atoms. The number of hydrogen-bond donors (Lipinski definition) is 2. The number of fused-ring (bicyclic) bond motifs is 1. The number of aromatic nitrogens is 1. The van der Waals surface area contributed by atoms with Crippen LogP contribution in [0.15, 0.2) is 42.6 Å². The van der Waals surface area contributed by atoms with E-state index in [1.54, 1.807) is 6.07 Å². The van der Waals surface area contributed by atoms with Gasteiger partial charge in [0.25, 0.3) is 0 Å². The van der Waals surface area contributed by atoms with Crippen molar-refractivity contribution in [2.24, 2.45) is 11.8 Å². The zero-order valence-electron chi connectivity index (χ0n) is 16.9. The smallest absolute Gasteiger partial charge is 0.416 e. The molecule has 1 unspecified atom stereocenters. The highest BCUT2D eigenvalue weighted by molar-refractivity contribution is 5.26. The normalized spacial score (nSPS) is 27.9. The van der Waals surface area contributed by atoms with E-state index in [4.69, 9.17) is 0 Å². The van der Waals surface area contributed by atoms with Crippen molar-refractivity contribution in [1.82, 2.24) is 9.88 Å². The molecular weight excluding hydrogens is 393 g/mol. The van der Waals surface area contributed by atoms with Crippen molar-refractivity contribution >= 4 is 0 Å². The number of halogens is 3. The van der Waals surface area contributed by atoms with Gasteiger partial charge in [-0.25, -0.2) is 0 Å². The molecule has 0 amide bonds. The minimum Gasteiger partial charge on any atom is -0.506 e. The van der Waals surface area contributed by atoms with Gasteiger partial charge in [0.2, 0.25) is 0 Å². The van der Waals surface area contributed by atoms with Crippen molar-refractivity contribution in [2.45, 2.75) is 43.9 Å². The van der Waals surface area contributed by atoms with E-state index in [0.29, 0.717) is 31.1 Å². The molecule has 1 aliphatic heterocycles. The molecular formula is C23H27F3N2O2. The predicted molar refractivity (Wildman–Crippen MR) is 107 cm³/mol. The molecule has 1 saturated carbocycles. The SMILES string of the molecule is CC(CN1C[C@@H]2C[C@@](O)(Cc3ccc(C(F)(F)F)cc3)C[C@@H]2C1)c1ccc(O)cn1. The third kappa shape index (κ3) is 4.62. The Balaban J connectivity index is 1.32. The van der Waals surface area contributed by atoms with Crippen LogP contribution in [0.3, 0.4) is 0 Å². The molecule has 0 spiro atoms. The summed E-state index contributed by atoms with van der Waals surface area (Å²) in [5.41, 5.74) is 0.193. The quantitative estimate of drug-likeness (QED) is 0.760. The molecule has 1 saturated heterocycles. The molecule has 0 bridgehead atoms. The van der Waals surface area contributed by atoms with Crippen LogP contribution in [0.25, 0.3) is 0 Å². The lowest BCUT2D eigenvalue weighted by atomic mass is 9.91. The number of hydrogen-bond acceptors (Lipinski definition) is 4. The third-order valence-corrected chi connectivity index (χ3v) is 6.56. The van der Waals surface area contributed by atoms with Gasteiger partial charge in [-0.3, -0.25) is 4.98 Å². The molecule has 1 aromatic heterocycles. The molecule has 2 aliphatic rings. The molecule has 4 atom stereocenters. The summed E-state index contributed by atoms with van der Waals surface area (Å²) in [5.74, 6) is 1.22. The molecule has 7 heteroatoms. The van der Waals surface area contributed by atoms with Gasteiger partial charge in [-0.2, -0.15) is 13.2 Å². The Hall–Kier alpha value is -2.12. The lowest BCUT2D eigenvalue weighted by Crippen LogP contribution is -2.33. The minimum absolute atomic E-state index is 0.161. The van der Waals surface area contributed by atoms with Gasteiger partial charge in [-0.1, -0.05) is 19.1 Å².